The predicted molar refractivity (Wildman–Crippen MR) is 114 cm³/mol. The number of benzene rings is 3. The van der Waals surface area contributed by atoms with E-state index < -0.39 is 10.0 Å². The van der Waals surface area contributed by atoms with Crippen LogP contribution < -0.4 is 14.8 Å². The topological polar surface area (TPSA) is 84.5 Å². The van der Waals surface area contributed by atoms with Crippen LogP contribution in [0.3, 0.4) is 0 Å². The van der Waals surface area contributed by atoms with Crippen LogP contribution in [0.2, 0.25) is 0 Å². The van der Waals surface area contributed by atoms with Crippen LogP contribution in [-0.4, -0.2) is 21.4 Å². The number of amides is 1. The Balaban J connectivity index is 1.74. The van der Waals surface area contributed by atoms with Gasteiger partial charge in [0.15, 0.2) is 0 Å². The van der Waals surface area contributed by atoms with Gasteiger partial charge in [-0.3, -0.25) is 9.52 Å². The zero-order valence-electron chi connectivity index (χ0n) is 16.4. The van der Waals surface area contributed by atoms with Crippen molar-refractivity contribution in [2.24, 2.45) is 0 Å². The average molecular weight is 410 g/mol. The molecule has 0 atom stereocenters. The standard InChI is InChI=1S/C22H22N2O4S/c1-15-5-4-6-21(16(15)2)23-22(25)17-7-13-20(14-8-17)29(26,27)24-18-9-11-19(28-3)12-10-18/h4-14,24H,1-3H3,(H,23,25). The van der Waals surface area contributed by atoms with Crippen LogP contribution in [0.1, 0.15) is 21.5 Å². The molecule has 0 aromatic heterocycles. The Morgan fingerprint density at radius 3 is 2.17 bits per heavy atom. The number of sulfonamides is 1. The van der Waals surface area contributed by atoms with E-state index in [1.165, 1.54) is 31.4 Å². The molecule has 0 aliphatic heterocycles. The molecular formula is C22H22N2O4S. The molecule has 0 saturated carbocycles. The summed E-state index contributed by atoms with van der Waals surface area (Å²) in [6.45, 7) is 3.91. The Hall–Kier alpha value is -3.32. The van der Waals surface area contributed by atoms with Gasteiger partial charge in [0.2, 0.25) is 0 Å². The summed E-state index contributed by atoms with van der Waals surface area (Å²) in [5, 5.41) is 2.86. The number of hydrogen-bond donors (Lipinski definition) is 2. The highest BCUT2D eigenvalue weighted by atomic mass is 32.2. The summed E-state index contributed by atoms with van der Waals surface area (Å²) in [6.07, 6.45) is 0. The maximum absolute atomic E-state index is 12.6. The van der Waals surface area contributed by atoms with Crippen LogP contribution in [0.5, 0.6) is 5.75 Å². The number of methoxy groups -OCH3 is 1. The van der Waals surface area contributed by atoms with Crippen LogP contribution in [0.25, 0.3) is 0 Å². The summed E-state index contributed by atoms with van der Waals surface area (Å²) in [5.74, 6) is 0.331. The van der Waals surface area contributed by atoms with Crippen LogP contribution in [-0.2, 0) is 10.0 Å². The van der Waals surface area contributed by atoms with Gasteiger partial charge in [0.1, 0.15) is 5.75 Å². The third-order valence-electron chi connectivity index (χ3n) is 4.62. The molecule has 3 aromatic rings. The monoisotopic (exact) mass is 410 g/mol. The highest BCUT2D eigenvalue weighted by Crippen LogP contribution is 2.21. The summed E-state index contributed by atoms with van der Waals surface area (Å²) in [5.41, 5.74) is 3.59. The van der Waals surface area contributed by atoms with Crippen molar-refractivity contribution >= 4 is 27.3 Å². The molecule has 7 heteroatoms. The molecule has 3 rings (SSSR count). The normalized spacial score (nSPS) is 11.0. The lowest BCUT2D eigenvalue weighted by atomic mass is 10.1. The smallest absolute Gasteiger partial charge is 0.261 e. The Bertz CT molecular complexity index is 1120. The molecule has 150 valence electrons. The number of ether oxygens (including phenoxy) is 1. The molecule has 2 N–H and O–H groups in total. The first-order valence-electron chi connectivity index (χ1n) is 8.94. The van der Waals surface area contributed by atoms with Gasteiger partial charge >= 0.3 is 0 Å². The van der Waals surface area contributed by atoms with Crippen molar-refractivity contribution in [3.63, 3.8) is 0 Å². The molecule has 0 spiro atoms. The number of anilines is 2. The number of rotatable bonds is 6. The first-order valence-corrected chi connectivity index (χ1v) is 10.4. The molecular weight excluding hydrogens is 388 g/mol. The molecule has 0 fully saturated rings. The van der Waals surface area contributed by atoms with Crippen LogP contribution in [0.4, 0.5) is 11.4 Å². The third kappa shape index (κ3) is 4.75. The molecule has 29 heavy (non-hydrogen) atoms. The lowest BCUT2D eigenvalue weighted by Crippen LogP contribution is -2.15. The van der Waals surface area contributed by atoms with E-state index in [0.29, 0.717) is 17.0 Å². The number of carbonyl (C=O) groups excluding carboxylic acids is 1. The van der Waals surface area contributed by atoms with E-state index >= 15 is 0 Å². The predicted octanol–water partition coefficient (Wildman–Crippen LogP) is 4.37. The summed E-state index contributed by atoms with van der Waals surface area (Å²) in [6, 6.07) is 18.0. The van der Waals surface area contributed by atoms with Gasteiger partial charge in [-0.05, 0) is 79.6 Å². The molecule has 6 nitrogen and oxygen atoms in total. The van der Waals surface area contributed by atoms with Gasteiger partial charge in [0, 0.05) is 16.9 Å². The summed E-state index contributed by atoms with van der Waals surface area (Å²) < 4.78 is 32.7. The van der Waals surface area contributed by atoms with E-state index in [1.54, 1.807) is 24.3 Å². The Morgan fingerprint density at radius 1 is 0.897 bits per heavy atom. The van der Waals surface area contributed by atoms with Crippen molar-refractivity contribution in [3.8, 4) is 5.75 Å². The SMILES string of the molecule is COc1ccc(NS(=O)(=O)c2ccc(C(=O)Nc3cccc(C)c3C)cc2)cc1. The van der Waals surface area contributed by atoms with Gasteiger partial charge in [0.25, 0.3) is 15.9 Å². The summed E-state index contributed by atoms with van der Waals surface area (Å²) >= 11 is 0. The van der Waals surface area contributed by atoms with Gasteiger partial charge in [-0.1, -0.05) is 12.1 Å². The minimum Gasteiger partial charge on any atom is -0.497 e. The van der Waals surface area contributed by atoms with Gasteiger partial charge in [0.05, 0.1) is 12.0 Å². The first kappa shape index (κ1) is 20.4. The van der Waals surface area contributed by atoms with Crippen molar-refractivity contribution in [3.05, 3.63) is 83.4 Å². The fourth-order valence-corrected chi connectivity index (χ4v) is 3.80. The van der Waals surface area contributed by atoms with Crippen molar-refractivity contribution < 1.29 is 17.9 Å². The second-order valence-electron chi connectivity index (χ2n) is 6.56. The van der Waals surface area contributed by atoms with Crippen LogP contribution in [0, 0.1) is 13.8 Å². The van der Waals surface area contributed by atoms with Crippen molar-refractivity contribution in [2.75, 3.05) is 17.1 Å². The Morgan fingerprint density at radius 2 is 1.55 bits per heavy atom. The van der Waals surface area contributed by atoms with E-state index in [1.807, 2.05) is 32.0 Å². The largest absolute Gasteiger partial charge is 0.497 e. The van der Waals surface area contributed by atoms with Gasteiger partial charge in [-0.15, -0.1) is 0 Å². The number of aryl methyl sites for hydroxylation is 1. The van der Waals surface area contributed by atoms with E-state index in [-0.39, 0.29) is 10.8 Å². The minimum absolute atomic E-state index is 0.0663. The van der Waals surface area contributed by atoms with Crippen molar-refractivity contribution in [1.82, 2.24) is 0 Å². The number of hydrogen-bond acceptors (Lipinski definition) is 4. The molecule has 0 bridgehead atoms. The average Bonchev–Trinajstić information content (AvgIpc) is 2.72. The van der Waals surface area contributed by atoms with E-state index in [9.17, 15) is 13.2 Å². The summed E-state index contributed by atoms with van der Waals surface area (Å²) in [7, 11) is -2.23. The maximum atomic E-state index is 12.6. The molecule has 0 aliphatic carbocycles. The van der Waals surface area contributed by atoms with Crippen molar-refractivity contribution in [1.29, 1.82) is 0 Å². The molecule has 0 heterocycles. The van der Waals surface area contributed by atoms with Crippen LogP contribution >= 0.6 is 0 Å². The lowest BCUT2D eigenvalue weighted by molar-refractivity contribution is 0.102. The van der Waals surface area contributed by atoms with E-state index in [2.05, 4.69) is 10.0 Å². The Labute approximate surface area is 170 Å². The molecule has 0 saturated heterocycles. The molecule has 0 radical (unpaired) electrons. The Kier molecular flexibility index (Phi) is 5.89. The van der Waals surface area contributed by atoms with Gasteiger partial charge in [-0.2, -0.15) is 0 Å². The fraction of sp³-hybridized carbons (Fsp3) is 0.136. The second-order valence-corrected chi connectivity index (χ2v) is 8.24. The third-order valence-corrected chi connectivity index (χ3v) is 6.02. The molecule has 0 unspecified atom stereocenters. The highest BCUT2D eigenvalue weighted by molar-refractivity contribution is 7.92. The first-order chi connectivity index (χ1) is 13.8. The fourth-order valence-electron chi connectivity index (χ4n) is 2.74. The van der Waals surface area contributed by atoms with Gasteiger partial charge in [-0.25, -0.2) is 8.42 Å². The number of carbonyl (C=O) groups is 1. The molecule has 1 amide bonds. The molecule has 0 aliphatic rings. The number of nitrogens with one attached hydrogen (secondary N) is 2. The van der Waals surface area contributed by atoms with E-state index in [0.717, 1.165) is 16.8 Å². The van der Waals surface area contributed by atoms with Crippen molar-refractivity contribution in [2.45, 2.75) is 18.7 Å². The lowest BCUT2D eigenvalue weighted by Gasteiger charge is -2.11. The highest BCUT2D eigenvalue weighted by Gasteiger charge is 2.16. The van der Waals surface area contributed by atoms with Crippen LogP contribution in [0.15, 0.2) is 71.6 Å². The quantitative estimate of drug-likeness (QED) is 0.632. The van der Waals surface area contributed by atoms with E-state index in [4.69, 9.17) is 4.74 Å². The second kappa shape index (κ2) is 8.36. The minimum atomic E-state index is -3.77. The zero-order chi connectivity index (χ0) is 21.0. The maximum Gasteiger partial charge on any atom is 0.261 e. The zero-order valence-corrected chi connectivity index (χ0v) is 17.2. The molecule has 3 aromatic carbocycles. The van der Waals surface area contributed by atoms with Gasteiger partial charge < -0.3 is 10.1 Å². The summed E-state index contributed by atoms with van der Waals surface area (Å²) in [4.78, 5) is 12.6.